The normalized spacial score (nSPS) is 10.7. The maximum absolute atomic E-state index is 11.2. The van der Waals surface area contributed by atoms with Gasteiger partial charge in [0.2, 0.25) is 11.8 Å². The third-order valence-corrected chi connectivity index (χ3v) is 2.97. The molecule has 1 aromatic carbocycles. The van der Waals surface area contributed by atoms with Crippen molar-refractivity contribution in [1.82, 2.24) is 5.32 Å². The van der Waals surface area contributed by atoms with Crippen LogP contribution in [-0.2, 0) is 16.1 Å². The van der Waals surface area contributed by atoms with Crippen LogP contribution in [0.1, 0.15) is 25.0 Å². The predicted molar refractivity (Wildman–Crippen MR) is 83.8 cm³/mol. The number of nitrogens with two attached hydrogens (primary N) is 2. The van der Waals surface area contributed by atoms with Crippen molar-refractivity contribution >= 4 is 17.5 Å². The van der Waals surface area contributed by atoms with Gasteiger partial charge in [-0.3, -0.25) is 9.59 Å². The molecule has 0 bridgehead atoms. The van der Waals surface area contributed by atoms with Gasteiger partial charge in [0.25, 0.3) is 0 Å². The molecule has 0 aromatic heterocycles. The van der Waals surface area contributed by atoms with Gasteiger partial charge in [-0.05, 0) is 18.6 Å². The van der Waals surface area contributed by atoms with Gasteiger partial charge in [-0.15, -0.1) is 0 Å². The zero-order valence-electron chi connectivity index (χ0n) is 12.8. The van der Waals surface area contributed by atoms with Gasteiger partial charge in [0, 0.05) is 18.3 Å². The SMILES string of the molecule is Cc1ccc(N(CC(N)=O)CC(N)=O)c(CNC(C)C)c1. The van der Waals surface area contributed by atoms with Crippen LogP contribution in [0.5, 0.6) is 0 Å². The summed E-state index contributed by atoms with van der Waals surface area (Å²) in [6.45, 7) is 6.67. The maximum atomic E-state index is 11.2. The molecule has 6 heteroatoms. The van der Waals surface area contributed by atoms with Crippen LogP contribution in [-0.4, -0.2) is 30.9 Å². The Morgan fingerprint density at radius 1 is 1.19 bits per heavy atom. The quantitative estimate of drug-likeness (QED) is 0.640. The number of carbonyl (C=O) groups is 2. The molecule has 1 rings (SSSR count). The monoisotopic (exact) mass is 292 g/mol. The highest BCUT2D eigenvalue weighted by Gasteiger charge is 2.16. The van der Waals surface area contributed by atoms with E-state index in [-0.39, 0.29) is 13.1 Å². The standard InChI is InChI=1S/C15H24N4O2/c1-10(2)18-7-12-6-11(3)4-5-13(12)19(8-14(16)20)9-15(17)21/h4-6,10,18H,7-9H2,1-3H3,(H2,16,20)(H2,17,21). The predicted octanol–water partition coefficient (Wildman–Crippen LogP) is 0.270. The molecule has 0 radical (unpaired) electrons. The van der Waals surface area contributed by atoms with Crippen molar-refractivity contribution < 1.29 is 9.59 Å². The highest BCUT2D eigenvalue weighted by atomic mass is 16.2. The average Bonchev–Trinajstić information content (AvgIpc) is 2.34. The van der Waals surface area contributed by atoms with Crippen LogP contribution in [0, 0.1) is 6.92 Å². The van der Waals surface area contributed by atoms with E-state index in [0.29, 0.717) is 12.6 Å². The summed E-state index contributed by atoms with van der Waals surface area (Å²) in [6, 6.07) is 6.18. The van der Waals surface area contributed by atoms with Crippen LogP contribution in [0.2, 0.25) is 0 Å². The topological polar surface area (TPSA) is 101 Å². The van der Waals surface area contributed by atoms with Gasteiger partial charge in [0.1, 0.15) is 0 Å². The van der Waals surface area contributed by atoms with Crippen LogP contribution >= 0.6 is 0 Å². The number of hydrogen-bond acceptors (Lipinski definition) is 4. The first kappa shape index (κ1) is 17.0. The number of primary amides is 2. The molecule has 21 heavy (non-hydrogen) atoms. The molecular weight excluding hydrogens is 268 g/mol. The molecule has 0 heterocycles. The van der Waals surface area contributed by atoms with Crippen molar-refractivity contribution in [2.45, 2.75) is 33.4 Å². The second kappa shape index (κ2) is 7.64. The van der Waals surface area contributed by atoms with Gasteiger partial charge in [-0.1, -0.05) is 31.5 Å². The van der Waals surface area contributed by atoms with Crippen molar-refractivity contribution in [3.05, 3.63) is 29.3 Å². The fourth-order valence-electron chi connectivity index (χ4n) is 2.08. The average molecular weight is 292 g/mol. The first-order valence-corrected chi connectivity index (χ1v) is 6.94. The number of anilines is 1. The van der Waals surface area contributed by atoms with Gasteiger partial charge in [-0.25, -0.2) is 0 Å². The Labute approximate surface area is 125 Å². The summed E-state index contributed by atoms with van der Waals surface area (Å²) in [5, 5.41) is 3.33. The van der Waals surface area contributed by atoms with E-state index >= 15 is 0 Å². The van der Waals surface area contributed by atoms with Crippen LogP contribution in [0.25, 0.3) is 0 Å². The zero-order valence-corrected chi connectivity index (χ0v) is 12.8. The molecule has 0 unspecified atom stereocenters. The first-order valence-electron chi connectivity index (χ1n) is 6.94. The third-order valence-electron chi connectivity index (χ3n) is 2.97. The number of nitrogens with one attached hydrogen (secondary N) is 1. The lowest BCUT2D eigenvalue weighted by Gasteiger charge is -2.25. The molecule has 0 aliphatic rings. The summed E-state index contributed by atoms with van der Waals surface area (Å²) < 4.78 is 0. The van der Waals surface area contributed by atoms with Gasteiger partial charge in [-0.2, -0.15) is 0 Å². The van der Waals surface area contributed by atoms with Crippen molar-refractivity contribution in [2.75, 3.05) is 18.0 Å². The molecule has 0 aliphatic carbocycles. The van der Waals surface area contributed by atoms with Gasteiger partial charge in [0.05, 0.1) is 13.1 Å². The molecule has 6 nitrogen and oxygen atoms in total. The Bertz CT molecular complexity index is 498. The molecule has 0 saturated carbocycles. The van der Waals surface area contributed by atoms with Crippen molar-refractivity contribution in [2.24, 2.45) is 11.5 Å². The summed E-state index contributed by atoms with van der Waals surface area (Å²) >= 11 is 0. The lowest BCUT2D eigenvalue weighted by molar-refractivity contribution is -0.117. The number of nitrogens with zero attached hydrogens (tertiary/aromatic N) is 1. The Balaban J connectivity index is 3.09. The number of amides is 2. The minimum atomic E-state index is -0.500. The van der Waals surface area contributed by atoms with E-state index in [1.807, 2.05) is 25.1 Å². The molecule has 0 saturated heterocycles. The van der Waals surface area contributed by atoms with Crippen molar-refractivity contribution in [1.29, 1.82) is 0 Å². The second-order valence-electron chi connectivity index (χ2n) is 5.46. The molecule has 0 atom stereocenters. The Morgan fingerprint density at radius 2 is 1.76 bits per heavy atom. The first-order chi connectivity index (χ1) is 9.79. The van der Waals surface area contributed by atoms with Gasteiger partial charge >= 0.3 is 0 Å². The molecular formula is C15H24N4O2. The highest BCUT2D eigenvalue weighted by molar-refractivity contribution is 5.85. The Kier molecular flexibility index (Phi) is 6.17. The Hall–Kier alpha value is -2.08. The molecule has 0 aliphatic heterocycles. The largest absolute Gasteiger partial charge is 0.368 e. The lowest BCUT2D eigenvalue weighted by Crippen LogP contribution is -2.40. The molecule has 1 aromatic rings. The van der Waals surface area contributed by atoms with Crippen molar-refractivity contribution in [3.63, 3.8) is 0 Å². The van der Waals surface area contributed by atoms with E-state index in [4.69, 9.17) is 11.5 Å². The molecule has 5 N–H and O–H groups in total. The number of rotatable bonds is 8. The molecule has 0 fully saturated rings. The van der Waals surface area contributed by atoms with Gasteiger partial charge in [0.15, 0.2) is 0 Å². The molecule has 0 spiro atoms. The van der Waals surface area contributed by atoms with Crippen LogP contribution in [0.3, 0.4) is 0 Å². The molecule has 116 valence electrons. The minimum absolute atomic E-state index is 0.0410. The van der Waals surface area contributed by atoms with E-state index in [2.05, 4.69) is 19.2 Å². The minimum Gasteiger partial charge on any atom is -0.368 e. The van der Waals surface area contributed by atoms with Crippen LogP contribution < -0.4 is 21.7 Å². The van der Waals surface area contributed by atoms with E-state index < -0.39 is 11.8 Å². The summed E-state index contributed by atoms with van der Waals surface area (Å²) in [5.74, 6) is -1.00. The Morgan fingerprint density at radius 3 is 2.24 bits per heavy atom. The summed E-state index contributed by atoms with van der Waals surface area (Å²) in [6.07, 6.45) is 0. The van der Waals surface area contributed by atoms with E-state index in [1.165, 1.54) is 0 Å². The van der Waals surface area contributed by atoms with Crippen LogP contribution in [0.4, 0.5) is 5.69 Å². The van der Waals surface area contributed by atoms with Crippen molar-refractivity contribution in [3.8, 4) is 0 Å². The number of benzene rings is 1. The third kappa shape index (κ3) is 5.83. The summed E-state index contributed by atoms with van der Waals surface area (Å²) in [4.78, 5) is 24.1. The second-order valence-corrected chi connectivity index (χ2v) is 5.46. The van der Waals surface area contributed by atoms with E-state index in [1.54, 1.807) is 4.90 Å². The number of carbonyl (C=O) groups excluding carboxylic acids is 2. The smallest absolute Gasteiger partial charge is 0.236 e. The fourth-order valence-corrected chi connectivity index (χ4v) is 2.08. The van der Waals surface area contributed by atoms with Crippen LogP contribution in [0.15, 0.2) is 18.2 Å². The maximum Gasteiger partial charge on any atom is 0.236 e. The van der Waals surface area contributed by atoms with E-state index in [0.717, 1.165) is 16.8 Å². The summed E-state index contributed by atoms with van der Waals surface area (Å²) in [7, 11) is 0. The zero-order chi connectivity index (χ0) is 16.0. The number of hydrogen-bond donors (Lipinski definition) is 3. The molecule has 2 amide bonds. The highest BCUT2D eigenvalue weighted by Crippen LogP contribution is 2.22. The fraction of sp³-hybridized carbons (Fsp3) is 0.467. The van der Waals surface area contributed by atoms with Gasteiger partial charge < -0.3 is 21.7 Å². The lowest BCUT2D eigenvalue weighted by atomic mass is 10.1. The van der Waals surface area contributed by atoms with E-state index in [9.17, 15) is 9.59 Å². The summed E-state index contributed by atoms with van der Waals surface area (Å²) in [5.41, 5.74) is 13.4. The number of aryl methyl sites for hydroxylation is 1.